The van der Waals surface area contributed by atoms with E-state index in [1.54, 1.807) is 12.1 Å². The zero-order valence-electron chi connectivity index (χ0n) is 11.2. The molecule has 0 fully saturated rings. The molecule has 0 aliphatic carbocycles. The Labute approximate surface area is 129 Å². The number of aliphatic carboxylic acids is 1. The number of ether oxygens (including phenoxy) is 2. The van der Waals surface area contributed by atoms with Crippen molar-refractivity contribution in [2.45, 2.75) is 6.54 Å². The average Bonchev–Trinajstić information content (AvgIpc) is 2.38. The van der Waals surface area contributed by atoms with Gasteiger partial charge in [-0.3, -0.25) is 14.5 Å². The third-order valence-corrected chi connectivity index (χ3v) is 3.58. The molecule has 0 saturated carbocycles. The first-order valence-corrected chi connectivity index (χ1v) is 7.05. The Morgan fingerprint density at radius 3 is 2.43 bits per heavy atom. The summed E-state index contributed by atoms with van der Waals surface area (Å²) in [6.45, 7) is 0.809. The maximum absolute atomic E-state index is 11.0. The molecule has 7 nitrogen and oxygen atoms in total. The van der Waals surface area contributed by atoms with Gasteiger partial charge in [0.15, 0.2) is 11.5 Å². The van der Waals surface area contributed by atoms with Gasteiger partial charge in [-0.05, 0) is 17.7 Å². The van der Waals surface area contributed by atoms with Crippen molar-refractivity contribution in [3.05, 3.63) is 22.2 Å². The minimum Gasteiger partial charge on any atom is -0.486 e. The third-order valence-electron chi connectivity index (χ3n) is 2.84. The van der Waals surface area contributed by atoms with E-state index in [0.717, 1.165) is 10.0 Å². The average molecular weight is 359 g/mol. The number of amides is 1. The highest BCUT2D eigenvalue weighted by Crippen LogP contribution is 2.35. The van der Waals surface area contributed by atoms with Gasteiger partial charge < -0.3 is 20.3 Å². The summed E-state index contributed by atoms with van der Waals surface area (Å²) in [6, 6.07) is 3.54. The summed E-state index contributed by atoms with van der Waals surface area (Å²) < 4.78 is 11.7. The van der Waals surface area contributed by atoms with Crippen molar-refractivity contribution in [3.8, 4) is 11.5 Å². The zero-order valence-corrected chi connectivity index (χ0v) is 12.8. The van der Waals surface area contributed by atoms with Crippen LogP contribution in [0.3, 0.4) is 0 Å². The molecule has 0 unspecified atom stereocenters. The molecule has 1 aromatic rings. The smallest absolute Gasteiger partial charge is 0.317 e. The van der Waals surface area contributed by atoms with Crippen LogP contribution in [-0.4, -0.2) is 48.2 Å². The zero-order chi connectivity index (χ0) is 15.4. The number of nitrogens with two attached hydrogens (primary N) is 1. The lowest BCUT2D eigenvalue weighted by Gasteiger charge is -2.23. The first kappa shape index (κ1) is 15.6. The normalized spacial score (nSPS) is 13.2. The molecule has 2 rings (SSSR count). The number of carbonyl (C=O) groups is 2. The lowest BCUT2D eigenvalue weighted by Crippen LogP contribution is -2.37. The van der Waals surface area contributed by atoms with E-state index in [1.165, 1.54) is 4.90 Å². The molecule has 1 heterocycles. The fourth-order valence-corrected chi connectivity index (χ4v) is 2.50. The second-order valence-electron chi connectivity index (χ2n) is 4.59. The summed E-state index contributed by atoms with van der Waals surface area (Å²) in [6.07, 6.45) is 0. The van der Waals surface area contributed by atoms with Gasteiger partial charge in [-0.15, -0.1) is 0 Å². The van der Waals surface area contributed by atoms with Crippen molar-refractivity contribution in [1.29, 1.82) is 0 Å². The summed E-state index contributed by atoms with van der Waals surface area (Å²) in [7, 11) is 0. The fraction of sp³-hybridized carbons (Fsp3) is 0.385. The van der Waals surface area contributed by atoms with Crippen LogP contribution in [0, 0.1) is 0 Å². The van der Waals surface area contributed by atoms with Gasteiger partial charge in [0, 0.05) is 11.0 Å². The number of nitrogens with zero attached hydrogens (tertiary/aromatic N) is 1. The molecule has 1 aliphatic rings. The summed E-state index contributed by atoms with van der Waals surface area (Å²) in [5, 5.41) is 8.89. The molecule has 21 heavy (non-hydrogen) atoms. The Bertz CT molecular complexity index is 548. The van der Waals surface area contributed by atoms with Crippen LogP contribution in [0.2, 0.25) is 0 Å². The van der Waals surface area contributed by atoms with E-state index in [4.69, 9.17) is 20.3 Å². The molecule has 3 N–H and O–H groups in total. The number of primary amides is 1. The highest BCUT2D eigenvalue weighted by atomic mass is 79.9. The lowest BCUT2D eigenvalue weighted by atomic mass is 10.1. The maximum atomic E-state index is 11.0. The van der Waals surface area contributed by atoms with Gasteiger partial charge in [0.05, 0.1) is 13.1 Å². The van der Waals surface area contributed by atoms with Crippen LogP contribution in [0.1, 0.15) is 5.56 Å². The minimum atomic E-state index is -1.02. The molecule has 0 aromatic heterocycles. The van der Waals surface area contributed by atoms with Gasteiger partial charge in [-0.1, -0.05) is 15.9 Å². The number of carboxylic acid groups (broad SMARTS) is 1. The van der Waals surface area contributed by atoms with E-state index in [1.807, 2.05) is 0 Å². The van der Waals surface area contributed by atoms with Crippen LogP contribution in [0.5, 0.6) is 11.5 Å². The Balaban J connectivity index is 2.19. The number of fused-ring (bicyclic) bond motifs is 1. The molecule has 0 saturated heterocycles. The van der Waals surface area contributed by atoms with E-state index < -0.39 is 11.9 Å². The van der Waals surface area contributed by atoms with Crippen LogP contribution in [-0.2, 0) is 16.1 Å². The molecular weight excluding hydrogens is 344 g/mol. The van der Waals surface area contributed by atoms with Gasteiger partial charge in [-0.2, -0.15) is 0 Å². The van der Waals surface area contributed by atoms with Gasteiger partial charge in [0.2, 0.25) is 5.91 Å². The molecule has 1 aliphatic heterocycles. The monoisotopic (exact) mass is 358 g/mol. The maximum Gasteiger partial charge on any atom is 0.317 e. The number of hydrogen-bond acceptors (Lipinski definition) is 5. The van der Waals surface area contributed by atoms with Crippen LogP contribution < -0.4 is 15.2 Å². The van der Waals surface area contributed by atoms with E-state index in [0.29, 0.717) is 24.7 Å². The second-order valence-corrected chi connectivity index (χ2v) is 5.45. The van der Waals surface area contributed by atoms with Crippen molar-refractivity contribution in [2.75, 3.05) is 26.3 Å². The van der Waals surface area contributed by atoms with E-state index >= 15 is 0 Å². The van der Waals surface area contributed by atoms with Crippen molar-refractivity contribution in [2.24, 2.45) is 5.73 Å². The SMILES string of the molecule is NC(=O)CN(CC(=O)O)Cc1cc2c(cc1Br)OCCO2. The first-order valence-electron chi connectivity index (χ1n) is 6.26. The number of hydrogen-bond donors (Lipinski definition) is 2. The molecule has 8 heteroatoms. The topological polar surface area (TPSA) is 102 Å². The summed E-state index contributed by atoms with van der Waals surface area (Å²) in [5.41, 5.74) is 5.93. The largest absolute Gasteiger partial charge is 0.486 e. The number of rotatable bonds is 6. The number of carboxylic acids is 1. The van der Waals surface area contributed by atoms with Crippen molar-refractivity contribution < 1.29 is 24.2 Å². The standard InChI is InChI=1S/C13H15BrN2O5/c14-9-4-11-10(20-1-2-21-11)3-8(9)5-16(6-12(15)17)7-13(18)19/h3-4H,1-2,5-7H2,(H2,15,17)(H,18,19). The van der Waals surface area contributed by atoms with E-state index in [9.17, 15) is 9.59 Å². The summed E-state index contributed by atoms with van der Waals surface area (Å²) in [5.74, 6) is -0.361. The summed E-state index contributed by atoms with van der Waals surface area (Å²) >= 11 is 3.41. The van der Waals surface area contributed by atoms with Crippen LogP contribution in [0.4, 0.5) is 0 Å². The Morgan fingerprint density at radius 2 is 1.86 bits per heavy atom. The van der Waals surface area contributed by atoms with E-state index in [-0.39, 0.29) is 19.6 Å². The van der Waals surface area contributed by atoms with Crippen LogP contribution in [0.15, 0.2) is 16.6 Å². The van der Waals surface area contributed by atoms with Crippen molar-refractivity contribution in [1.82, 2.24) is 4.90 Å². The van der Waals surface area contributed by atoms with Crippen LogP contribution in [0.25, 0.3) is 0 Å². The van der Waals surface area contributed by atoms with Gasteiger partial charge in [-0.25, -0.2) is 0 Å². The van der Waals surface area contributed by atoms with Gasteiger partial charge in [0.25, 0.3) is 0 Å². The van der Waals surface area contributed by atoms with Gasteiger partial charge >= 0.3 is 5.97 Å². The van der Waals surface area contributed by atoms with E-state index in [2.05, 4.69) is 15.9 Å². The molecule has 0 bridgehead atoms. The second kappa shape index (κ2) is 6.77. The van der Waals surface area contributed by atoms with Crippen molar-refractivity contribution in [3.63, 3.8) is 0 Å². The highest BCUT2D eigenvalue weighted by molar-refractivity contribution is 9.10. The molecule has 1 amide bonds. The first-order chi connectivity index (χ1) is 9.95. The summed E-state index contributed by atoms with van der Waals surface area (Å²) in [4.78, 5) is 23.3. The molecule has 0 spiro atoms. The molecule has 1 aromatic carbocycles. The number of benzene rings is 1. The Morgan fingerprint density at radius 1 is 1.24 bits per heavy atom. The number of carbonyl (C=O) groups excluding carboxylic acids is 1. The highest BCUT2D eigenvalue weighted by Gasteiger charge is 2.18. The predicted molar refractivity (Wildman–Crippen MR) is 77.2 cm³/mol. The quantitative estimate of drug-likeness (QED) is 0.771. The molecule has 0 radical (unpaired) electrons. The minimum absolute atomic E-state index is 0.132. The third kappa shape index (κ3) is 4.33. The Hall–Kier alpha value is -1.80. The fourth-order valence-electron chi connectivity index (χ4n) is 2.05. The van der Waals surface area contributed by atoms with Gasteiger partial charge in [0.1, 0.15) is 13.2 Å². The predicted octanol–water partition coefficient (Wildman–Crippen LogP) is 0.592. The molecule has 114 valence electrons. The number of halogens is 1. The van der Waals surface area contributed by atoms with Crippen molar-refractivity contribution >= 4 is 27.8 Å². The molecule has 0 atom stereocenters. The Kier molecular flexibility index (Phi) is 5.03. The lowest BCUT2D eigenvalue weighted by molar-refractivity contribution is -0.138. The molecular formula is C13H15BrN2O5. The van der Waals surface area contributed by atoms with Crippen LogP contribution >= 0.6 is 15.9 Å².